The average molecular weight is 404 g/mol. The van der Waals surface area contributed by atoms with E-state index < -0.39 is 0 Å². The van der Waals surface area contributed by atoms with Crippen molar-refractivity contribution in [2.24, 2.45) is 4.99 Å². The highest BCUT2D eigenvalue weighted by Gasteiger charge is 2.21. The summed E-state index contributed by atoms with van der Waals surface area (Å²) >= 11 is 0. The molecule has 1 aliphatic rings. The number of allylic oxidation sites excluding steroid dienone is 1. The Bertz CT molecular complexity index is 1130. The van der Waals surface area contributed by atoms with Crippen molar-refractivity contribution in [1.29, 1.82) is 0 Å². The molecule has 5 nitrogen and oxygen atoms in total. The molecule has 30 heavy (non-hydrogen) atoms. The standard InChI is InChI=1S/C24H25FN4O/c1-24(2,3)29-23-19-12-17(15-7-9-18(25)10-8-15)13-20(30-4)21(19)27-22(28-23)16-6-5-11-26-14-16/h5,7-14,16H,6H2,1-4H3,(H,27,28,29). The summed E-state index contributed by atoms with van der Waals surface area (Å²) in [5, 5.41) is 4.37. The summed E-state index contributed by atoms with van der Waals surface area (Å²) in [6.07, 6.45) is 6.49. The van der Waals surface area contributed by atoms with Gasteiger partial charge in [0, 0.05) is 23.3 Å². The molecule has 0 spiro atoms. The summed E-state index contributed by atoms with van der Waals surface area (Å²) in [6, 6.07) is 10.4. The second-order valence-corrected chi connectivity index (χ2v) is 8.41. The number of nitrogens with one attached hydrogen (secondary N) is 1. The van der Waals surface area contributed by atoms with Crippen molar-refractivity contribution in [1.82, 2.24) is 9.97 Å². The fourth-order valence-electron chi connectivity index (χ4n) is 3.45. The molecule has 4 rings (SSSR count). The number of benzene rings is 2. The number of methoxy groups -OCH3 is 1. The first-order valence-electron chi connectivity index (χ1n) is 9.96. The van der Waals surface area contributed by atoms with E-state index in [-0.39, 0.29) is 17.3 Å². The smallest absolute Gasteiger partial charge is 0.145 e. The second-order valence-electron chi connectivity index (χ2n) is 8.41. The SMILES string of the molecule is COc1cc(-c2ccc(F)cc2)cc2c(NC(C)(C)C)nc(C3C=NC=CC3)nc12. The fourth-order valence-corrected chi connectivity index (χ4v) is 3.45. The topological polar surface area (TPSA) is 59.4 Å². The van der Waals surface area contributed by atoms with Crippen molar-refractivity contribution < 1.29 is 9.13 Å². The number of ether oxygens (including phenoxy) is 1. The van der Waals surface area contributed by atoms with Gasteiger partial charge >= 0.3 is 0 Å². The summed E-state index contributed by atoms with van der Waals surface area (Å²) in [5.74, 6) is 1.85. The lowest BCUT2D eigenvalue weighted by Gasteiger charge is -2.24. The van der Waals surface area contributed by atoms with Gasteiger partial charge in [-0.15, -0.1) is 0 Å². The number of hydrogen-bond donors (Lipinski definition) is 1. The molecule has 2 heterocycles. The Labute approximate surface area is 175 Å². The predicted molar refractivity (Wildman–Crippen MR) is 120 cm³/mol. The van der Waals surface area contributed by atoms with Crippen LogP contribution in [0.1, 0.15) is 38.9 Å². The Morgan fingerprint density at radius 2 is 1.83 bits per heavy atom. The Hall–Kier alpha value is -3.28. The van der Waals surface area contributed by atoms with E-state index in [4.69, 9.17) is 14.7 Å². The third kappa shape index (κ3) is 4.17. The normalized spacial score (nSPS) is 16.1. The minimum Gasteiger partial charge on any atom is -0.494 e. The number of rotatable bonds is 4. The van der Waals surface area contributed by atoms with Crippen LogP contribution in [0.5, 0.6) is 5.75 Å². The zero-order chi connectivity index (χ0) is 21.3. The van der Waals surface area contributed by atoms with Crippen LogP contribution in [-0.4, -0.2) is 28.8 Å². The van der Waals surface area contributed by atoms with Gasteiger partial charge in [0.1, 0.15) is 28.7 Å². The van der Waals surface area contributed by atoms with Gasteiger partial charge in [-0.1, -0.05) is 18.2 Å². The number of fused-ring (bicyclic) bond motifs is 1. The van der Waals surface area contributed by atoms with Gasteiger partial charge < -0.3 is 10.1 Å². The molecule has 0 radical (unpaired) electrons. The van der Waals surface area contributed by atoms with Crippen molar-refractivity contribution >= 4 is 22.9 Å². The summed E-state index contributed by atoms with van der Waals surface area (Å²) < 4.78 is 19.1. The van der Waals surface area contributed by atoms with Gasteiger partial charge in [-0.25, -0.2) is 14.4 Å². The van der Waals surface area contributed by atoms with Gasteiger partial charge in [0.2, 0.25) is 0 Å². The number of aliphatic imine (C=N–C) groups is 1. The Balaban J connectivity index is 1.93. The number of anilines is 1. The maximum Gasteiger partial charge on any atom is 0.145 e. The van der Waals surface area contributed by atoms with Crippen LogP contribution in [0.15, 0.2) is 53.7 Å². The van der Waals surface area contributed by atoms with Crippen LogP contribution in [-0.2, 0) is 0 Å². The lowest BCUT2D eigenvalue weighted by molar-refractivity contribution is 0.419. The number of hydrogen-bond acceptors (Lipinski definition) is 5. The van der Waals surface area contributed by atoms with Crippen LogP contribution >= 0.6 is 0 Å². The molecule has 6 heteroatoms. The van der Waals surface area contributed by atoms with Crippen molar-refractivity contribution in [3.8, 4) is 16.9 Å². The molecule has 154 valence electrons. The maximum absolute atomic E-state index is 13.4. The summed E-state index contributed by atoms with van der Waals surface area (Å²) in [7, 11) is 1.63. The van der Waals surface area contributed by atoms with Crippen molar-refractivity contribution in [3.05, 3.63) is 60.3 Å². The lowest BCUT2D eigenvalue weighted by Crippen LogP contribution is -2.27. The molecule has 0 aliphatic carbocycles. The van der Waals surface area contributed by atoms with Gasteiger partial charge in [0.25, 0.3) is 0 Å². The van der Waals surface area contributed by atoms with E-state index >= 15 is 0 Å². The van der Waals surface area contributed by atoms with Crippen LogP contribution < -0.4 is 10.1 Å². The summed E-state index contributed by atoms with van der Waals surface area (Å²) in [5.41, 5.74) is 2.35. The Kier molecular flexibility index (Phi) is 5.24. The first-order valence-corrected chi connectivity index (χ1v) is 9.96. The van der Waals surface area contributed by atoms with Crippen LogP contribution in [0.4, 0.5) is 10.2 Å². The second kappa shape index (κ2) is 7.86. The third-order valence-corrected chi connectivity index (χ3v) is 4.85. The predicted octanol–water partition coefficient (Wildman–Crippen LogP) is 5.73. The highest BCUT2D eigenvalue weighted by atomic mass is 19.1. The van der Waals surface area contributed by atoms with E-state index in [0.717, 1.165) is 34.3 Å². The van der Waals surface area contributed by atoms with Gasteiger partial charge in [0.15, 0.2) is 0 Å². The average Bonchev–Trinajstić information content (AvgIpc) is 2.73. The lowest BCUT2D eigenvalue weighted by atomic mass is 10.0. The summed E-state index contributed by atoms with van der Waals surface area (Å²) in [6.45, 7) is 6.27. The van der Waals surface area contributed by atoms with Crippen LogP contribution in [0.3, 0.4) is 0 Å². The molecule has 0 bridgehead atoms. The Morgan fingerprint density at radius 1 is 1.07 bits per heavy atom. The number of aromatic nitrogens is 2. The molecule has 0 fully saturated rings. The molecule has 1 aliphatic heterocycles. The molecule has 1 unspecified atom stereocenters. The van der Waals surface area contributed by atoms with Crippen molar-refractivity contribution in [3.63, 3.8) is 0 Å². The van der Waals surface area contributed by atoms with E-state index in [1.807, 2.05) is 24.4 Å². The van der Waals surface area contributed by atoms with Gasteiger partial charge in [-0.3, -0.25) is 4.99 Å². The zero-order valence-corrected chi connectivity index (χ0v) is 17.6. The molecule has 0 saturated carbocycles. The molecular weight excluding hydrogens is 379 g/mol. The van der Waals surface area contributed by atoms with E-state index in [9.17, 15) is 4.39 Å². The molecule has 1 aromatic heterocycles. The largest absolute Gasteiger partial charge is 0.494 e. The van der Waals surface area contributed by atoms with Crippen LogP contribution in [0.25, 0.3) is 22.0 Å². The van der Waals surface area contributed by atoms with E-state index in [0.29, 0.717) is 11.6 Å². The van der Waals surface area contributed by atoms with Gasteiger partial charge in [-0.05, 0) is 62.6 Å². The molecule has 0 saturated heterocycles. The van der Waals surface area contributed by atoms with Crippen molar-refractivity contribution in [2.45, 2.75) is 38.6 Å². The molecule has 3 aromatic rings. The van der Waals surface area contributed by atoms with Gasteiger partial charge in [0.05, 0.1) is 13.0 Å². The van der Waals surface area contributed by atoms with Gasteiger partial charge in [-0.2, -0.15) is 0 Å². The van der Waals surface area contributed by atoms with Crippen LogP contribution in [0, 0.1) is 5.82 Å². The zero-order valence-electron chi connectivity index (χ0n) is 17.6. The number of nitrogens with zero attached hydrogens (tertiary/aromatic N) is 3. The maximum atomic E-state index is 13.4. The first-order chi connectivity index (χ1) is 14.3. The highest BCUT2D eigenvalue weighted by molar-refractivity contribution is 5.97. The monoisotopic (exact) mass is 404 g/mol. The molecule has 2 aromatic carbocycles. The quantitative estimate of drug-likeness (QED) is 0.604. The number of halogens is 1. The summed E-state index contributed by atoms with van der Waals surface area (Å²) in [4.78, 5) is 14.0. The minimum atomic E-state index is -0.266. The minimum absolute atomic E-state index is 0.0152. The fraction of sp³-hybridized carbons (Fsp3) is 0.292. The molecule has 1 atom stereocenters. The van der Waals surface area contributed by atoms with Crippen molar-refractivity contribution in [2.75, 3.05) is 12.4 Å². The first kappa shape index (κ1) is 20.0. The highest BCUT2D eigenvalue weighted by Crippen LogP contribution is 2.36. The molecular formula is C24H25FN4O. The molecule has 0 amide bonds. The van der Waals surface area contributed by atoms with E-state index in [1.165, 1.54) is 12.1 Å². The Morgan fingerprint density at radius 3 is 2.47 bits per heavy atom. The van der Waals surface area contributed by atoms with E-state index in [1.54, 1.807) is 25.4 Å². The third-order valence-electron chi connectivity index (χ3n) is 4.85. The molecule has 1 N–H and O–H groups in total. The van der Waals surface area contributed by atoms with E-state index in [2.05, 4.69) is 31.1 Å². The van der Waals surface area contributed by atoms with Crippen LogP contribution in [0.2, 0.25) is 0 Å².